The predicted molar refractivity (Wildman–Crippen MR) is 80.7 cm³/mol. The molecule has 1 aromatic carbocycles. The molecule has 0 saturated carbocycles. The molecule has 2 rings (SSSR count). The van der Waals surface area contributed by atoms with E-state index in [0.29, 0.717) is 22.6 Å². The van der Waals surface area contributed by atoms with Gasteiger partial charge in [0.15, 0.2) is 0 Å². The SMILES string of the molecule is COc1cc(CNc2cc(Br)cc(F)c2C(N)=O)ccn1. The van der Waals surface area contributed by atoms with Crippen LogP contribution < -0.4 is 15.8 Å². The number of nitrogens with one attached hydrogen (secondary N) is 1. The molecule has 1 aromatic heterocycles. The Labute approximate surface area is 129 Å². The van der Waals surface area contributed by atoms with Crippen LogP contribution in [0.25, 0.3) is 0 Å². The summed E-state index contributed by atoms with van der Waals surface area (Å²) in [5, 5.41) is 2.99. The zero-order valence-electron chi connectivity index (χ0n) is 11.2. The van der Waals surface area contributed by atoms with Gasteiger partial charge in [-0.1, -0.05) is 15.9 Å². The summed E-state index contributed by atoms with van der Waals surface area (Å²) in [5.41, 5.74) is 6.25. The van der Waals surface area contributed by atoms with Gasteiger partial charge in [-0.2, -0.15) is 0 Å². The number of hydrogen-bond donors (Lipinski definition) is 2. The summed E-state index contributed by atoms with van der Waals surface area (Å²) in [6, 6.07) is 6.32. The number of nitrogens with two attached hydrogens (primary N) is 1. The predicted octanol–water partition coefficient (Wildman–Crippen LogP) is 2.70. The number of amides is 1. The molecule has 0 radical (unpaired) electrons. The zero-order chi connectivity index (χ0) is 15.4. The average molecular weight is 354 g/mol. The third-order valence-electron chi connectivity index (χ3n) is 2.79. The first-order chi connectivity index (χ1) is 10.0. The number of carbonyl (C=O) groups excluding carboxylic acids is 1. The van der Waals surface area contributed by atoms with Crippen LogP contribution in [0, 0.1) is 5.82 Å². The monoisotopic (exact) mass is 353 g/mol. The second-order valence-electron chi connectivity index (χ2n) is 4.23. The maximum absolute atomic E-state index is 13.8. The standard InChI is InChI=1S/C14H13BrFN3O2/c1-21-12-4-8(2-3-18-12)7-19-11-6-9(15)5-10(16)13(11)14(17)20/h2-6,19H,7H2,1H3,(H2,17,20). The van der Waals surface area contributed by atoms with Crippen molar-refractivity contribution in [1.82, 2.24) is 4.98 Å². The van der Waals surface area contributed by atoms with Crippen LogP contribution in [0.1, 0.15) is 15.9 Å². The van der Waals surface area contributed by atoms with Crippen molar-refractivity contribution in [1.29, 1.82) is 0 Å². The number of primary amides is 1. The lowest BCUT2D eigenvalue weighted by Crippen LogP contribution is -2.16. The number of pyridine rings is 1. The Balaban J connectivity index is 2.25. The van der Waals surface area contributed by atoms with E-state index in [-0.39, 0.29) is 5.56 Å². The van der Waals surface area contributed by atoms with Gasteiger partial charge in [-0.3, -0.25) is 4.79 Å². The molecule has 0 bridgehead atoms. The molecule has 0 atom stereocenters. The highest BCUT2D eigenvalue weighted by Crippen LogP contribution is 2.25. The van der Waals surface area contributed by atoms with Crippen molar-refractivity contribution < 1.29 is 13.9 Å². The molecule has 0 fully saturated rings. The van der Waals surface area contributed by atoms with Crippen LogP contribution in [0.3, 0.4) is 0 Å². The van der Waals surface area contributed by atoms with E-state index in [1.807, 2.05) is 0 Å². The van der Waals surface area contributed by atoms with Crippen LogP contribution in [-0.2, 0) is 6.54 Å². The van der Waals surface area contributed by atoms with Gasteiger partial charge in [0.2, 0.25) is 5.88 Å². The quantitative estimate of drug-likeness (QED) is 0.866. The van der Waals surface area contributed by atoms with E-state index >= 15 is 0 Å². The molecule has 1 amide bonds. The highest BCUT2D eigenvalue weighted by Gasteiger charge is 2.15. The Morgan fingerprint density at radius 2 is 2.24 bits per heavy atom. The largest absolute Gasteiger partial charge is 0.481 e. The van der Waals surface area contributed by atoms with Crippen molar-refractivity contribution >= 4 is 27.5 Å². The third-order valence-corrected chi connectivity index (χ3v) is 3.25. The van der Waals surface area contributed by atoms with Crippen LogP contribution in [0.15, 0.2) is 34.9 Å². The number of halogens is 2. The summed E-state index contributed by atoms with van der Waals surface area (Å²) in [5.74, 6) is -1.02. The normalized spacial score (nSPS) is 10.2. The lowest BCUT2D eigenvalue weighted by molar-refractivity contribution is 0.0997. The van der Waals surface area contributed by atoms with Crippen LogP contribution in [0.2, 0.25) is 0 Å². The first-order valence-corrected chi connectivity index (χ1v) is 6.82. The number of ether oxygens (including phenoxy) is 1. The molecule has 0 saturated heterocycles. The smallest absolute Gasteiger partial charge is 0.253 e. The van der Waals surface area contributed by atoms with Crippen molar-refractivity contribution in [2.45, 2.75) is 6.54 Å². The summed E-state index contributed by atoms with van der Waals surface area (Å²) in [4.78, 5) is 15.4. The maximum Gasteiger partial charge on any atom is 0.253 e. The minimum atomic E-state index is -0.824. The van der Waals surface area contributed by atoms with E-state index in [0.717, 1.165) is 5.56 Å². The van der Waals surface area contributed by atoms with Crippen LogP contribution >= 0.6 is 15.9 Å². The maximum atomic E-state index is 13.8. The van der Waals surface area contributed by atoms with Crippen LogP contribution in [-0.4, -0.2) is 18.0 Å². The highest BCUT2D eigenvalue weighted by atomic mass is 79.9. The molecule has 0 aliphatic rings. The van der Waals surface area contributed by atoms with Crippen molar-refractivity contribution in [3.8, 4) is 5.88 Å². The molecule has 0 unspecified atom stereocenters. The number of methoxy groups -OCH3 is 1. The molecule has 2 aromatic rings. The van der Waals surface area contributed by atoms with E-state index in [9.17, 15) is 9.18 Å². The Bertz CT molecular complexity index is 679. The van der Waals surface area contributed by atoms with E-state index in [1.165, 1.54) is 13.2 Å². The summed E-state index contributed by atoms with van der Waals surface area (Å²) in [6.07, 6.45) is 1.60. The van der Waals surface area contributed by atoms with Gasteiger partial charge in [-0.15, -0.1) is 0 Å². The topological polar surface area (TPSA) is 77.2 Å². The number of hydrogen-bond acceptors (Lipinski definition) is 4. The molecule has 0 aliphatic heterocycles. The fraction of sp³-hybridized carbons (Fsp3) is 0.143. The summed E-state index contributed by atoms with van der Waals surface area (Å²) in [7, 11) is 1.52. The molecule has 0 aliphatic carbocycles. The average Bonchev–Trinajstić information content (AvgIpc) is 2.44. The van der Waals surface area contributed by atoms with Crippen molar-refractivity contribution in [2.75, 3.05) is 12.4 Å². The van der Waals surface area contributed by atoms with Gasteiger partial charge in [0.05, 0.1) is 18.4 Å². The lowest BCUT2D eigenvalue weighted by Gasteiger charge is -2.12. The second-order valence-corrected chi connectivity index (χ2v) is 5.15. The molecular formula is C14H13BrFN3O2. The Kier molecular flexibility index (Phi) is 4.74. The zero-order valence-corrected chi connectivity index (χ0v) is 12.8. The minimum Gasteiger partial charge on any atom is -0.481 e. The number of benzene rings is 1. The van der Waals surface area contributed by atoms with E-state index < -0.39 is 11.7 Å². The molecule has 7 heteroatoms. The molecule has 1 heterocycles. The molecule has 5 nitrogen and oxygen atoms in total. The first kappa shape index (κ1) is 15.2. The van der Waals surface area contributed by atoms with Crippen molar-refractivity contribution in [2.24, 2.45) is 5.73 Å². The van der Waals surface area contributed by atoms with Gasteiger partial charge in [0.1, 0.15) is 5.82 Å². The molecular weight excluding hydrogens is 341 g/mol. The molecule has 21 heavy (non-hydrogen) atoms. The van der Waals surface area contributed by atoms with Gasteiger partial charge in [0.25, 0.3) is 5.91 Å². The van der Waals surface area contributed by atoms with Gasteiger partial charge in [-0.05, 0) is 23.8 Å². The summed E-state index contributed by atoms with van der Waals surface area (Å²) < 4.78 is 19.3. The van der Waals surface area contributed by atoms with Crippen LogP contribution in [0.4, 0.5) is 10.1 Å². The van der Waals surface area contributed by atoms with E-state index in [4.69, 9.17) is 10.5 Å². The minimum absolute atomic E-state index is 0.167. The van der Waals surface area contributed by atoms with Gasteiger partial charge in [-0.25, -0.2) is 9.37 Å². The van der Waals surface area contributed by atoms with Gasteiger partial charge in [0, 0.05) is 23.3 Å². The lowest BCUT2D eigenvalue weighted by atomic mass is 10.1. The number of carbonyl (C=O) groups is 1. The second kappa shape index (κ2) is 6.53. The fourth-order valence-corrected chi connectivity index (χ4v) is 2.26. The van der Waals surface area contributed by atoms with Gasteiger partial charge < -0.3 is 15.8 Å². The Morgan fingerprint density at radius 1 is 1.48 bits per heavy atom. The van der Waals surface area contributed by atoms with Crippen molar-refractivity contribution in [3.63, 3.8) is 0 Å². The third kappa shape index (κ3) is 3.69. The van der Waals surface area contributed by atoms with Gasteiger partial charge >= 0.3 is 0 Å². The Morgan fingerprint density at radius 3 is 2.90 bits per heavy atom. The molecule has 0 spiro atoms. The summed E-state index contributed by atoms with van der Waals surface area (Å²) in [6.45, 7) is 0.370. The number of aromatic nitrogens is 1. The van der Waals surface area contributed by atoms with E-state index in [1.54, 1.807) is 24.4 Å². The number of anilines is 1. The fourth-order valence-electron chi connectivity index (χ4n) is 1.83. The molecule has 110 valence electrons. The summed E-state index contributed by atoms with van der Waals surface area (Å²) >= 11 is 3.18. The number of nitrogens with zero attached hydrogens (tertiary/aromatic N) is 1. The van der Waals surface area contributed by atoms with E-state index in [2.05, 4.69) is 26.2 Å². The highest BCUT2D eigenvalue weighted by molar-refractivity contribution is 9.10. The van der Waals surface area contributed by atoms with Crippen molar-refractivity contribution in [3.05, 3.63) is 51.9 Å². The van der Waals surface area contributed by atoms with Crippen LogP contribution in [0.5, 0.6) is 5.88 Å². The number of rotatable bonds is 5. The first-order valence-electron chi connectivity index (χ1n) is 6.03. The Hall–Kier alpha value is -2.15. The molecule has 3 N–H and O–H groups in total.